The third-order valence-corrected chi connectivity index (χ3v) is 5.40. The Morgan fingerprint density at radius 2 is 1.79 bits per heavy atom. The Kier molecular flexibility index (Phi) is 7.08. The number of carbonyl (C=O) groups excluding carboxylic acids is 1. The minimum absolute atomic E-state index is 0.0946. The summed E-state index contributed by atoms with van der Waals surface area (Å²) in [6, 6.07) is 5.28. The van der Waals surface area contributed by atoms with E-state index in [1.54, 1.807) is 0 Å². The first kappa shape index (κ1) is 22.2. The van der Waals surface area contributed by atoms with Gasteiger partial charge in [0.15, 0.2) is 0 Å². The number of alkyl halides is 4. The first-order valence-electron chi connectivity index (χ1n) is 8.60. The molecule has 0 aromatic heterocycles. The second-order valence-electron chi connectivity index (χ2n) is 6.35. The van der Waals surface area contributed by atoms with Crippen LogP contribution in [0.15, 0.2) is 36.1 Å². The average molecular weight is 424 g/mol. The maximum absolute atomic E-state index is 15.2. The average Bonchev–Trinajstić information content (AvgIpc) is 2.62. The van der Waals surface area contributed by atoms with Crippen molar-refractivity contribution >= 4 is 16.1 Å². The fourth-order valence-electron chi connectivity index (χ4n) is 2.94. The first-order chi connectivity index (χ1) is 13.1. The van der Waals surface area contributed by atoms with Gasteiger partial charge in [-0.3, -0.25) is 0 Å². The van der Waals surface area contributed by atoms with Crippen molar-refractivity contribution < 1.29 is 39.7 Å². The van der Waals surface area contributed by atoms with Gasteiger partial charge in [-0.15, -0.1) is 0 Å². The van der Waals surface area contributed by atoms with Gasteiger partial charge in [0.2, 0.25) is 0 Å². The number of hydrogen-bond acceptors (Lipinski definition) is 5. The van der Waals surface area contributed by atoms with E-state index in [4.69, 9.17) is 0 Å². The van der Waals surface area contributed by atoms with Gasteiger partial charge in [0.25, 0.3) is 0 Å². The van der Waals surface area contributed by atoms with E-state index in [9.17, 15) is 26.4 Å². The molecule has 0 fully saturated rings. The van der Waals surface area contributed by atoms with Crippen LogP contribution in [0, 0.1) is 5.92 Å². The number of esters is 1. The number of hydrogen-bond donors (Lipinski definition) is 0. The minimum Gasteiger partial charge on any atom is -0.465 e. The summed E-state index contributed by atoms with van der Waals surface area (Å²) >= 11 is 0. The number of benzene rings is 1. The van der Waals surface area contributed by atoms with Crippen molar-refractivity contribution in [2.24, 2.45) is 5.92 Å². The van der Waals surface area contributed by atoms with E-state index in [1.807, 2.05) is 0 Å². The van der Waals surface area contributed by atoms with Gasteiger partial charge in [0.05, 0.1) is 18.6 Å². The van der Waals surface area contributed by atoms with Crippen LogP contribution < -0.4 is 0 Å². The van der Waals surface area contributed by atoms with Gasteiger partial charge in [-0.25, -0.2) is 9.18 Å². The predicted octanol–water partition coefficient (Wildman–Crippen LogP) is 4.81. The predicted molar refractivity (Wildman–Crippen MR) is 92.3 cm³/mol. The molecule has 0 N–H and O–H groups in total. The minimum atomic E-state index is -5.89. The zero-order chi connectivity index (χ0) is 20.9. The lowest BCUT2D eigenvalue weighted by Gasteiger charge is -2.26. The molecule has 10 heteroatoms. The lowest BCUT2D eigenvalue weighted by Crippen LogP contribution is -2.28. The molecule has 2 rings (SSSR count). The molecular weight excluding hydrogens is 404 g/mol. The molecule has 5 nitrogen and oxygen atoms in total. The van der Waals surface area contributed by atoms with Crippen molar-refractivity contribution in [3.63, 3.8) is 0 Å². The van der Waals surface area contributed by atoms with E-state index in [-0.39, 0.29) is 24.0 Å². The van der Waals surface area contributed by atoms with Gasteiger partial charge < -0.3 is 8.92 Å². The summed E-state index contributed by atoms with van der Waals surface area (Å²) in [6.45, 7) is 0. The molecule has 0 amide bonds. The van der Waals surface area contributed by atoms with E-state index in [1.165, 1.54) is 37.5 Å². The highest BCUT2D eigenvalue weighted by Crippen LogP contribution is 2.40. The normalized spacial score (nSPS) is 19.8. The standard InChI is InChI=1S/C18H20F4O5S/c1-26-17(23)13-10-8-12(9-11-13)16(19)14-6-4-2-3-5-7-15(14)27-28(24,25)18(20,21)22/h7-11,14,16H,2-6H2,1H3. The Bertz CT molecular complexity index is 815. The van der Waals surface area contributed by atoms with Crippen LogP contribution in [0.5, 0.6) is 0 Å². The highest BCUT2D eigenvalue weighted by atomic mass is 32.2. The summed E-state index contributed by atoms with van der Waals surface area (Å²) < 4.78 is 84.9. The molecule has 0 heterocycles. The van der Waals surface area contributed by atoms with Crippen LogP contribution in [0.4, 0.5) is 17.6 Å². The SMILES string of the molecule is COC(=O)c1ccc(C(F)C2CCCCCC=C2OS(=O)(=O)C(F)(F)F)cc1. The largest absolute Gasteiger partial charge is 0.534 e. The Morgan fingerprint density at radius 3 is 2.36 bits per heavy atom. The Balaban J connectivity index is 2.32. The molecule has 1 aliphatic carbocycles. The lowest BCUT2D eigenvalue weighted by molar-refractivity contribution is -0.0531. The molecule has 1 aromatic carbocycles. The Labute approximate surface area is 160 Å². The summed E-state index contributed by atoms with van der Waals surface area (Å²) in [7, 11) is -4.70. The third-order valence-electron chi connectivity index (χ3n) is 4.42. The Morgan fingerprint density at radius 1 is 1.14 bits per heavy atom. The maximum Gasteiger partial charge on any atom is 0.534 e. The molecule has 1 aliphatic rings. The number of halogens is 4. The van der Waals surface area contributed by atoms with Gasteiger partial charge in [-0.1, -0.05) is 25.0 Å². The topological polar surface area (TPSA) is 69.7 Å². The summed E-state index contributed by atoms with van der Waals surface area (Å²) in [5.41, 5.74) is -5.32. The van der Waals surface area contributed by atoms with Crippen LogP contribution in [0.2, 0.25) is 0 Å². The third kappa shape index (κ3) is 5.24. The lowest BCUT2D eigenvalue weighted by atomic mass is 9.87. The van der Waals surface area contributed by atoms with E-state index in [2.05, 4.69) is 8.92 Å². The quantitative estimate of drug-likeness (QED) is 0.294. The first-order valence-corrected chi connectivity index (χ1v) is 10.0. The second kappa shape index (κ2) is 8.93. The molecule has 0 bridgehead atoms. The number of methoxy groups -OCH3 is 1. The van der Waals surface area contributed by atoms with Crippen LogP contribution in [0.3, 0.4) is 0 Å². The number of ether oxygens (including phenoxy) is 1. The molecular formula is C18H20F4O5S. The number of rotatable bonds is 5. The summed E-state index contributed by atoms with van der Waals surface area (Å²) in [5.74, 6) is -2.35. The highest BCUT2D eigenvalue weighted by Gasteiger charge is 2.49. The molecule has 28 heavy (non-hydrogen) atoms. The molecule has 2 unspecified atom stereocenters. The van der Waals surface area contributed by atoms with Gasteiger partial charge >= 0.3 is 21.6 Å². The molecule has 1 aromatic rings. The Hall–Kier alpha value is -2.10. The van der Waals surface area contributed by atoms with Crippen molar-refractivity contribution in [2.45, 2.75) is 43.8 Å². The fourth-order valence-corrected chi connectivity index (χ4v) is 3.48. The van der Waals surface area contributed by atoms with Gasteiger partial charge in [0, 0.05) is 0 Å². The molecule has 2 atom stereocenters. The highest BCUT2D eigenvalue weighted by molar-refractivity contribution is 7.87. The molecule has 0 saturated heterocycles. The smallest absolute Gasteiger partial charge is 0.465 e. The van der Waals surface area contributed by atoms with Gasteiger partial charge in [-0.2, -0.15) is 21.6 Å². The second-order valence-corrected chi connectivity index (χ2v) is 7.89. The molecule has 156 valence electrons. The van der Waals surface area contributed by atoms with E-state index in [0.717, 1.165) is 6.42 Å². The molecule has 0 saturated carbocycles. The van der Waals surface area contributed by atoms with E-state index >= 15 is 4.39 Å². The number of carbonyl (C=O) groups is 1. The van der Waals surface area contributed by atoms with Crippen LogP contribution in [-0.2, 0) is 19.0 Å². The van der Waals surface area contributed by atoms with Crippen LogP contribution in [-0.4, -0.2) is 27.0 Å². The molecule has 0 spiro atoms. The van der Waals surface area contributed by atoms with E-state index < -0.39 is 39.4 Å². The number of allylic oxidation sites excluding steroid dienone is 2. The van der Waals surface area contributed by atoms with E-state index in [0.29, 0.717) is 12.8 Å². The molecule has 0 radical (unpaired) electrons. The van der Waals surface area contributed by atoms with Crippen LogP contribution in [0.1, 0.15) is 54.2 Å². The summed E-state index contributed by atoms with van der Waals surface area (Å²) in [5, 5.41) is 0. The van der Waals surface area contributed by atoms with Crippen molar-refractivity contribution in [1.29, 1.82) is 0 Å². The van der Waals surface area contributed by atoms with Gasteiger partial charge in [-0.05, 0) is 43.0 Å². The summed E-state index contributed by atoms with van der Waals surface area (Å²) in [6.07, 6.45) is 1.70. The van der Waals surface area contributed by atoms with Crippen LogP contribution >= 0.6 is 0 Å². The van der Waals surface area contributed by atoms with Crippen molar-refractivity contribution in [3.8, 4) is 0 Å². The van der Waals surface area contributed by atoms with Crippen molar-refractivity contribution in [1.82, 2.24) is 0 Å². The zero-order valence-electron chi connectivity index (χ0n) is 15.0. The van der Waals surface area contributed by atoms with Crippen molar-refractivity contribution in [2.75, 3.05) is 7.11 Å². The fraction of sp³-hybridized carbons (Fsp3) is 0.500. The van der Waals surface area contributed by atoms with Gasteiger partial charge in [0.1, 0.15) is 11.9 Å². The zero-order valence-corrected chi connectivity index (χ0v) is 15.9. The molecule has 0 aliphatic heterocycles. The monoisotopic (exact) mass is 424 g/mol. The summed E-state index contributed by atoms with van der Waals surface area (Å²) in [4.78, 5) is 11.5. The van der Waals surface area contributed by atoms with Crippen molar-refractivity contribution in [3.05, 3.63) is 47.2 Å². The van der Waals surface area contributed by atoms with Crippen LogP contribution in [0.25, 0.3) is 0 Å². The maximum atomic E-state index is 15.2.